The first-order valence-corrected chi connectivity index (χ1v) is 7.12. The summed E-state index contributed by atoms with van der Waals surface area (Å²) in [5, 5.41) is 3.28. The molecule has 0 bridgehead atoms. The van der Waals surface area contributed by atoms with Crippen molar-refractivity contribution in [2.45, 2.75) is 19.4 Å². The van der Waals surface area contributed by atoms with Crippen LogP contribution in [0.15, 0.2) is 12.1 Å². The van der Waals surface area contributed by atoms with Gasteiger partial charge in [0.15, 0.2) is 0 Å². The monoisotopic (exact) mass is 280 g/mol. The van der Waals surface area contributed by atoms with Crippen molar-refractivity contribution in [1.29, 1.82) is 0 Å². The quantitative estimate of drug-likeness (QED) is 0.815. The number of aromatic nitrogens is 1. The zero-order valence-corrected chi connectivity index (χ0v) is 12.3. The van der Waals surface area contributed by atoms with Gasteiger partial charge in [-0.1, -0.05) is 6.92 Å². The van der Waals surface area contributed by atoms with E-state index in [0.29, 0.717) is 18.2 Å². The third kappa shape index (κ3) is 4.25. The van der Waals surface area contributed by atoms with Crippen LogP contribution in [0, 0.1) is 0 Å². The zero-order chi connectivity index (χ0) is 14.4. The maximum atomic E-state index is 5.84. The van der Waals surface area contributed by atoms with Gasteiger partial charge in [-0.15, -0.1) is 0 Å². The predicted octanol–water partition coefficient (Wildman–Crippen LogP) is 1.20. The summed E-state index contributed by atoms with van der Waals surface area (Å²) in [4.78, 5) is 6.65. The van der Waals surface area contributed by atoms with Gasteiger partial charge >= 0.3 is 0 Å². The molecule has 112 valence electrons. The molecule has 0 aliphatic carbocycles. The van der Waals surface area contributed by atoms with E-state index in [1.165, 1.54) is 0 Å². The van der Waals surface area contributed by atoms with E-state index in [2.05, 4.69) is 29.2 Å². The number of hydrogen-bond acceptors (Lipinski definition) is 6. The Morgan fingerprint density at radius 1 is 1.55 bits per heavy atom. The van der Waals surface area contributed by atoms with Gasteiger partial charge in [-0.05, 0) is 25.6 Å². The largest absolute Gasteiger partial charge is 0.476 e. The van der Waals surface area contributed by atoms with E-state index >= 15 is 0 Å². The fourth-order valence-electron chi connectivity index (χ4n) is 2.07. The molecule has 1 aliphatic rings. The smallest absolute Gasteiger partial charge is 0.239 e. The van der Waals surface area contributed by atoms with Crippen molar-refractivity contribution < 1.29 is 9.47 Å². The van der Waals surface area contributed by atoms with Gasteiger partial charge in [0, 0.05) is 19.6 Å². The van der Waals surface area contributed by atoms with Crippen molar-refractivity contribution in [3.8, 4) is 5.88 Å². The standard InChI is InChI=1S/C14H24N4O2/c1-3-7-20-14-12(15)4-5-13(17-14)16-9-11-10-18(2)6-8-19-11/h4-5,11H,3,6-10,15H2,1-2H3,(H,16,17). The number of pyridine rings is 1. The Morgan fingerprint density at radius 3 is 3.15 bits per heavy atom. The number of anilines is 2. The van der Waals surface area contributed by atoms with Crippen LogP contribution < -0.4 is 15.8 Å². The highest BCUT2D eigenvalue weighted by Gasteiger charge is 2.17. The molecule has 0 aromatic carbocycles. The summed E-state index contributed by atoms with van der Waals surface area (Å²) in [7, 11) is 2.10. The van der Waals surface area contributed by atoms with Gasteiger partial charge in [0.1, 0.15) is 5.82 Å². The molecule has 1 saturated heterocycles. The Balaban J connectivity index is 1.88. The van der Waals surface area contributed by atoms with Crippen molar-refractivity contribution in [2.24, 2.45) is 0 Å². The Kier molecular flexibility index (Phi) is 5.43. The van der Waals surface area contributed by atoms with E-state index in [0.717, 1.165) is 38.5 Å². The maximum absolute atomic E-state index is 5.84. The van der Waals surface area contributed by atoms with Crippen LogP contribution in [0.4, 0.5) is 11.5 Å². The van der Waals surface area contributed by atoms with Gasteiger partial charge in [-0.25, -0.2) is 0 Å². The average Bonchev–Trinajstić information content (AvgIpc) is 2.45. The van der Waals surface area contributed by atoms with Crippen LogP contribution >= 0.6 is 0 Å². The lowest BCUT2D eigenvalue weighted by Gasteiger charge is -2.30. The molecule has 20 heavy (non-hydrogen) atoms. The summed E-state index contributed by atoms with van der Waals surface area (Å²) in [6, 6.07) is 3.68. The van der Waals surface area contributed by atoms with Crippen LogP contribution in [-0.4, -0.2) is 55.9 Å². The maximum Gasteiger partial charge on any atom is 0.239 e. The topological polar surface area (TPSA) is 72.6 Å². The van der Waals surface area contributed by atoms with E-state index < -0.39 is 0 Å². The molecule has 3 N–H and O–H groups in total. The van der Waals surface area contributed by atoms with E-state index in [1.807, 2.05) is 12.1 Å². The second kappa shape index (κ2) is 7.31. The van der Waals surface area contributed by atoms with Gasteiger partial charge in [0.2, 0.25) is 5.88 Å². The molecular formula is C14H24N4O2. The molecule has 0 amide bonds. The lowest BCUT2D eigenvalue weighted by molar-refractivity contribution is -0.0117. The highest BCUT2D eigenvalue weighted by molar-refractivity contribution is 5.53. The summed E-state index contributed by atoms with van der Waals surface area (Å²) in [6.07, 6.45) is 1.12. The number of hydrogen-bond donors (Lipinski definition) is 2. The molecule has 0 radical (unpaired) electrons. The highest BCUT2D eigenvalue weighted by atomic mass is 16.5. The van der Waals surface area contributed by atoms with E-state index in [1.54, 1.807) is 0 Å². The molecule has 1 unspecified atom stereocenters. The Labute approximate surface area is 120 Å². The van der Waals surface area contributed by atoms with Crippen molar-refractivity contribution >= 4 is 11.5 Å². The van der Waals surface area contributed by atoms with Crippen molar-refractivity contribution in [3.63, 3.8) is 0 Å². The van der Waals surface area contributed by atoms with Gasteiger partial charge in [0.25, 0.3) is 0 Å². The summed E-state index contributed by atoms with van der Waals surface area (Å²) < 4.78 is 11.2. The number of likely N-dealkylation sites (N-methyl/N-ethyl adjacent to an activating group) is 1. The minimum Gasteiger partial charge on any atom is -0.476 e. The first kappa shape index (κ1) is 14.9. The van der Waals surface area contributed by atoms with Crippen LogP contribution in [0.5, 0.6) is 5.88 Å². The molecule has 6 heteroatoms. The SMILES string of the molecule is CCCOc1nc(NCC2CN(C)CCO2)ccc1N. The van der Waals surface area contributed by atoms with Crippen LogP contribution in [0.3, 0.4) is 0 Å². The molecule has 1 aromatic rings. The molecule has 1 atom stereocenters. The predicted molar refractivity (Wildman–Crippen MR) is 80.2 cm³/mol. The second-order valence-corrected chi connectivity index (χ2v) is 5.08. The number of nitrogens with two attached hydrogens (primary N) is 1. The number of ether oxygens (including phenoxy) is 2. The van der Waals surface area contributed by atoms with Gasteiger partial charge in [0.05, 0.1) is 25.0 Å². The number of nitrogen functional groups attached to an aromatic ring is 1. The molecule has 2 heterocycles. The summed E-state index contributed by atoms with van der Waals surface area (Å²) in [5.41, 5.74) is 6.41. The van der Waals surface area contributed by atoms with Crippen molar-refractivity contribution in [2.75, 3.05) is 50.9 Å². The van der Waals surface area contributed by atoms with Crippen LogP contribution in [0.25, 0.3) is 0 Å². The number of rotatable bonds is 6. The van der Waals surface area contributed by atoms with E-state index in [9.17, 15) is 0 Å². The summed E-state index contributed by atoms with van der Waals surface area (Å²) in [6.45, 7) is 6.11. The lowest BCUT2D eigenvalue weighted by atomic mass is 10.3. The normalized spacial score (nSPS) is 19.8. The Hall–Kier alpha value is -1.53. The Bertz CT molecular complexity index is 428. The average molecular weight is 280 g/mol. The van der Waals surface area contributed by atoms with Gasteiger partial charge in [-0.3, -0.25) is 0 Å². The highest BCUT2D eigenvalue weighted by Crippen LogP contribution is 2.21. The number of nitrogens with zero attached hydrogens (tertiary/aromatic N) is 2. The zero-order valence-electron chi connectivity index (χ0n) is 12.3. The molecule has 2 rings (SSSR count). The first-order chi connectivity index (χ1) is 9.69. The first-order valence-electron chi connectivity index (χ1n) is 7.12. The van der Waals surface area contributed by atoms with Crippen LogP contribution in [0.2, 0.25) is 0 Å². The molecule has 0 spiro atoms. The van der Waals surface area contributed by atoms with Crippen molar-refractivity contribution in [1.82, 2.24) is 9.88 Å². The second-order valence-electron chi connectivity index (χ2n) is 5.08. The molecule has 1 aromatic heterocycles. The van der Waals surface area contributed by atoms with E-state index in [4.69, 9.17) is 15.2 Å². The van der Waals surface area contributed by atoms with E-state index in [-0.39, 0.29) is 6.10 Å². The molecular weight excluding hydrogens is 256 g/mol. The fourth-order valence-corrected chi connectivity index (χ4v) is 2.07. The van der Waals surface area contributed by atoms with Crippen LogP contribution in [0.1, 0.15) is 13.3 Å². The minimum atomic E-state index is 0.188. The summed E-state index contributed by atoms with van der Waals surface area (Å²) >= 11 is 0. The van der Waals surface area contributed by atoms with Crippen molar-refractivity contribution in [3.05, 3.63) is 12.1 Å². The molecule has 1 aliphatic heterocycles. The minimum absolute atomic E-state index is 0.188. The lowest BCUT2D eigenvalue weighted by Crippen LogP contribution is -2.43. The molecule has 1 fully saturated rings. The number of nitrogens with one attached hydrogen (secondary N) is 1. The number of morpholine rings is 1. The van der Waals surface area contributed by atoms with Gasteiger partial charge < -0.3 is 25.4 Å². The molecule has 6 nitrogen and oxygen atoms in total. The Morgan fingerprint density at radius 2 is 2.40 bits per heavy atom. The van der Waals surface area contributed by atoms with Crippen LogP contribution in [-0.2, 0) is 4.74 Å². The molecule has 0 saturated carbocycles. The third-order valence-electron chi connectivity index (χ3n) is 3.19. The third-order valence-corrected chi connectivity index (χ3v) is 3.19. The summed E-state index contributed by atoms with van der Waals surface area (Å²) in [5.74, 6) is 1.26. The fraction of sp³-hybridized carbons (Fsp3) is 0.643. The van der Waals surface area contributed by atoms with Gasteiger partial charge in [-0.2, -0.15) is 4.98 Å².